The lowest BCUT2D eigenvalue weighted by Gasteiger charge is -2.20. The van der Waals surface area contributed by atoms with Crippen LogP contribution < -0.4 is 19.5 Å². The number of carbonyl (C=O) groups excluding carboxylic acids is 1. The number of benzene rings is 2. The maximum atomic E-state index is 12.8. The van der Waals surface area contributed by atoms with Gasteiger partial charge in [-0.3, -0.25) is 4.79 Å². The lowest BCUT2D eigenvalue weighted by Crippen LogP contribution is -2.39. The minimum atomic E-state index is -3.82. The molecule has 2 rings (SSSR count). The lowest BCUT2D eigenvalue weighted by atomic mass is 10.1. The third-order valence-corrected chi connectivity index (χ3v) is 6.53. The fraction of sp³-hybridized carbons (Fsp3) is 0.381. The number of likely N-dealkylation sites (N-methyl/N-ethyl adjacent to an activating group) is 1. The van der Waals surface area contributed by atoms with Gasteiger partial charge in [-0.15, -0.1) is 0 Å². The summed E-state index contributed by atoms with van der Waals surface area (Å²) in [5, 5.41) is 2.81. The maximum Gasteiger partial charge on any atom is 0.243 e. The number of ether oxygens (including phenoxy) is 3. The second kappa shape index (κ2) is 9.82. The quantitative estimate of drug-likeness (QED) is 0.649. The molecule has 0 aliphatic heterocycles. The van der Waals surface area contributed by atoms with Gasteiger partial charge in [0.2, 0.25) is 15.9 Å². The van der Waals surface area contributed by atoms with Crippen molar-refractivity contribution in [2.24, 2.45) is 0 Å². The summed E-state index contributed by atoms with van der Waals surface area (Å²) in [4.78, 5) is 12.6. The van der Waals surface area contributed by atoms with Crippen LogP contribution in [0.3, 0.4) is 0 Å². The van der Waals surface area contributed by atoms with Crippen molar-refractivity contribution in [2.45, 2.75) is 24.8 Å². The Morgan fingerprint density at radius 2 is 1.60 bits per heavy atom. The van der Waals surface area contributed by atoms with Crippen molar-refractivity contribution >= 4 is 15.9 Å². The van der Waals surface area contributed by atoms with Crippen LogP contribution >= 0.6 is 0 Å². The molecule has 0 spiro atoms. The van der Waals surface area contributed by atoms with Crippen LogP contribution in [-0.4, -0.2) is 53.6 Å². The monoisotopic (exact) mass is 436 g/mol. The van der Waals surface area contributed by atoms with Crippen LogP contribution in [0.5, 0.6) is 17.2 Å². The van der Waals surface area contributed by atoms with E-state index in [1.807, 2.05) is 6.07 Å². The van der Waals surface area contributed by atoms with Crippen LogP contribution in [-0.2, 0) is 14.8 Å². The number of sulfonamides is 1. The summed E-state index contributed by atoms with van der Waals surface area (Å²) in [5.74, 6) is 1.30. The van der Waals surface area contributed by atoms with Gasteiger partial charge in [-0.05, 0) is 55.3 Å². The molecule has 1 amide bonds. The normalized spacial score (nSPS) is 12.4. The van der Waals surface area contributed by atoms with Crippen molar-refractivity contribution in [1.29, 1.82) is 0 Å². The molecule has 164 valence electrons. The first-order valence-corrected chi connectivity index (χ1v) is 10.7. The molecule has 0 aromatic heterocycles. The van der Waals surface area contributed by atoms with E-state index in [1.165, 1.54) is 33.4 Å². The fourth-order valence-corrected chi connectivity index (χ4v) is 4.18. The summed E-state index contributed by atoms with van der Waals surface area (Å²) in [6, 6.07) is 9.56. The van der Waals surface area contributed by atoms with E-state index in [0.717, 1.165) is 9.87 Å². The van der Waals surface area contributed by atoms with Gasteiger partial charge in [-0.2, -0.15) is 4.31 Å². The molecule has 1 atom stereocenters. The molecule has 0 saturated carbocycles. The van der Waals surface area contributed by atoms with Crippen LogP contribution in [0.4, 0.5) is 0 Å². The molecular formula is C21H28N2O6S. The van der Waals surface area contributed by atoms with Gasteiger partial charge in [-0.25, -0.2) is 8.42 Å². The summed E-state index contributed by atoms with van der Waals surface area (Å²) in [5.41, 5.74) is 1.50. The topological polar surface area (TPSA) is 94.2 Å². The van der Waals surface area contributed by atoms with E-state index < -0.39 is 15.9 Å². The number of amides is 1. The third-order valence-electron chi connectivity index (χ3n) is 4.73. The molecule has 30 heavy (non-hydrogen) atoms. The van der Waals surface area contributed by atoms with E-state index in [1.54, 1.807) is 39.2 Å². The Morgan fingerprint density at radius 3 is 2.17 bits per heavy atom. The van der Waals surface area contributed by atoms with Gasteiger partial charge >= 0.3 is 0 Å². The highest BCUT2D eigenvalue weighted by atomic mass is 32.2. The highest BCUT2D eigenvalue weighted by molar-refractivity contribution is 7.89. The first-order chi connectivity index (χ1) is 14.1. The molecule has 0 radical (unpaired) electrons. The van der Waals surface area contributed by atoms with Gasteiger partial charge in [0.15, 0.2) is 11.5 Å². The molecule has 0 saturated heterocycles. The number of hydrogen-bond donors (Lipinski definition) is 1. The second-order valence-electron chi connectivity index (χ2n) is 6.80. The van der Waals surface area contributed by atoms with Crippen molar-refractivity contribution in [3.8, 4) is 17.2 Å². The number of nitrogens with zero attached hydrogens (tertiary/aromatic N) is 1. The van der Waals surface area contributed by atoms with E-state index in [2.05, 4.69) is 5.32 Å². The number of methoxy groups -OCH3 is 3. The molecule has 0 unspecified atom stereocenters. The van der Waals surface area contributed by atoms with Crippen molar-refractivity contribution in [3.05, 3.63) is 47.5 Å². The summed E-state index contributed by atoms with van der Waals surface area (Å²) in [6.07, 6.45) is 0. The SMILES string of the molecule is COc1ccc(S(=O)(=O)N(C)CC(=O)N[C@H](C)c2ccc(OC)c(OC)c2)cc1C. The summed E-state index contributed by atoms with van der Waals surface area (Å²) >= 11 is 0. The van der Waals surface area contributed by atoms with Crippen LogP contribution in [0, 0.1) is 6.92 Å². The first kappa shape index (κ1) is 23.5. The highest BCUT2D eigenvalue weighted by Crippen LogP contribution is 2.30. The average Bonchev–Trinajstić information content (AvgIpc) is 2.72. The molecule has 0 aliphatic rings. The number of hydrogen-bond acceptors (Lipinski definition) is 6. The lowest BCUT2D eigenvalue weighted by molar-refractivity contribution is -0.121. The molecular weight excluding hydrogens is 408 g/mol. The highest BCUT2D eigenvalue weighted by Gasteiger charge is 2.24. The largest absolute Gasteiger partial charge is 0.496 e. The predicted octanol–water partition coefficient (Wildman–Crippen LogP) is 2.52. The Labute approximate surface area is 177 Å². The summed E-state index contributed by atoms with van der Waals surface area (Å²) in [6.45, 7) is 3.25. The zero-order valence-corrected chi connectivity index (χ0v) is 18.9. The number of aryl methyl sites for hydroxylation is 1. The van der Waals surface area contributed by atoms with Crippen LogP contribution in [0.15, 0.2) is 41.3 Å². The molecule has 9 heteroatoms. The Balaban J connectivity index is 2.08. The van der Waals surface area contributed by atoms with Gasteiger partial charge in [0.1, 0.15) is 5.75 Å². The third kappa shape index (κ3) is 5.22. The first-order valence-electron chi connectivity index (χ1n) is 9.26. The number of nitrogens with one attached hydrogen (secondary N) is 1. The van der Waals surface area contributed by atoms with Gasteiger partial charge in [-0.1, -0.05) is 6.07 Å². The molecule has 0 aliphatic carbocycles. The van der Waals surface area contributed by atoms with Gasteiger partial charge in [0.25, 0.3) is 0 Å². The summed E-state index contributed by atoms with van der Waals surface area (Å²) < 4.78 is 42.3. The molecule has 0 heterocycles. The van der Waals surface area contributed by atoms with Crippen LogP contribution in [0.25, 0.3) is 0 Å². The zero-order chi connectivity index (χ0) is 22.5. The second-order valence-corrected chi connectivity index (χ2v) is 8.84. The molecule has 0 fully saturated rings. The molecule has 2 aromatic rings. The van der Waals surface area contributed by atoms with Gasteiger partial charge < -0.3 is 19.5 Å². The minimum absolute atomic E-state index is 0.101. The number of carbonyl (C=O) groups is 1. The number of rotatable bonds is 9. The Hall–Kier alpha value is -2.78. The van der Waals surface area contributed by atoms with Crippen LogP contribution in [0.1, 0.15) is 24.1 Å². The van der Waals surface area contributed by atoms with Crippen molar-refractivity contribution in [3.63, 3.8) is 0 Å². The van der Waals surface area contributed by atoms with Gasteiger partial charge in [0.05, 0.1) is 38.8 Å². The smallest absolute Gasteiger partial charge is 0.243 e. The Bertz CT molecular complexity index is 1010. The Kier molecular flexibility index (Phi) is 7.69. The van der Waals surface area contributed by atoms with Crippen LogP contribution in [0.2, 0.25) is 0 Å². The van der Waals surface area contributed by atoms with E-state index in [0.29, 0.717) is 22.8 Å². The molecule has 0 bridgehead atoms. The zero-order valence-electron chi connectivity index (χ0n) is 18.1. The maximum absolute atomic E-state index is 12.8. The van der Waals surface area contributed by atoms with E-state index in [9.17, 15) is 13.2 Å². The molecule has 8 nitrogen and oxygen atoms in total. The van der Waals surface area contributed by atoms with E-state index >= 15 is 0 Å². The van der Waals surface area contributed by atoms with E-state index in [-0.39, 0.29) is 17.5 Å². The fourth-order valence-electron chi connectivity index (χ4n) is 2.97. The minimum Gasteiger partial charge on any atom is -0.496 e. The Morgan fingerprint density at radius 1 is 1.00 bits per heavy atom. The summed E-state index contributed by atoms with van der Waals surface area (Å²) in [7, 11) is 2.15. The van der Waals surface area contributed by atoms with Crippen molar-refractivity contribution in [2.75, 3.05) is 34.9 Å². The standard InChI is InChI=1S/C21H28N2O6S/c1-14-11-17(8-10-18(14)27-4)30(25,26)23(3)13-21(24)22-15(2)16-7-9-19(28-5)20(12-16)29-6/h7-12,15H,13H2,1-6H3,(H,22,24)/t15-/m1/s1. The molecule has 1 N–H and O–H groups in total. The van der Waals surface area contributed by atoms with Crippen molar-refractivity contribution in [1.82, 2.24) is 9.62 Å². The van der Waals surface area contributed by atoms with E-state index in [4.69, 9.17) is 14.2 Å². The predicted molar refractivity (Wildman–Crippen MR) is 114 cm³/mol. The van der Waals surface area contributed by atoms with Gasteiger partial charge in [0, 0.05) is 7.05 Å². The molecule has 2 aromatic carbocycles. The average molecular weight is 437 g/mol. The van der Waals surface area contributed by atoms with Crippen molar-refractivity contribution < 1.29 is 27.4 Å².